The van der Waals surface area contributed by atoms with Gasteiger partial charge in [0.1, 0.15) is 5.54 Å². The summed E-state index contributed by atoms with van der Waals surface area (Å²) in [4.78, 5) is 25.7. The molecule has 2 rings (SSSR count). The van der Waals surface area contributed by atoms with Crippen molar-refractivity contribution >= 4 is 23.4 Å². The van der Waals surface area contributed by atoms with Crippen molar-refractivity contribution in [2.45, 2.75) is 31.9 Å². The van der Waals surface area contributed by atoms with Crippen LogP contribution in [-0.4, -0.2) is 40.4 Å². The number of amides is 2. The second-order valence-corrected chi connectivity index (χ2v) is 6.07. The van der Waals surface area contributed by atoms with Crippen LogP contribution in [0.15, 0.2) is 24.3 Å². The zero-order valence-electron chi connectivity index (χ0n) is 12.1. The molecule has 0 bridgehead atoms. The van der Waals surface area contributed by atoms with E-state index in [2.05, 4.69) is 5.32 Å². The zero-order valence-corrected chi connectivity index (χ0v) is 12.9. The molecule has 1 fully saturated rings. The molecule has 0 aromatic heterocycles. The van der Waals surface area contributed by atoms with E-state index in [0.29, 0.717) is 23.7 Å². The molecule has 0 spiro atoms. The van der Waals surface area contributed by atoms with Crippen molar-refractivity contribution in [1.29, 1.82) is 0 Å². The number of piperazine rings is 1. The molecule has 1 aliphatic rings. The predicted octanol–water partition coefficient (Wildman–Crippen LogP) is 1.50. The Morgan fingerprint density at radius 2 is 2.05 bits per heavy atom. The summed E-state index contributed by atoms with van der Waals surface area (Å²) in [6, 6.07) is 6.72. The number of aliphatic hydroxyl groups excluding tert-OH is 1. The van der Waals surface area contributed by atoms with E-state index in [-0.39, 0.29) is 18.2 Å². The molecule has 6 heteroatoms. The van der Waals surface area contributed by atoms with Crippen LogP contribution in [0.4, 0.5) is 0 Å². The van der Waals surface area contributed by atoms with Gasteiger partial charge in [0.2, 0.25) is 11.8 Å². The van der Waals surface area contributed by atoms with E-state index in [0.717, 1.165) is 0 Å². The van der Waals surface area contributed by atoms with E-state index in [1.165, 1.54) is 4.90 Å². The Hall–Kier alpha value is -1.59. The maximum Gasteiger partial charge on any atom is 0.245 e. The highest BCUT2D eigenvalue weighted by molar-refractivity contribution is 6.30. The lowest BCUT2D eigenvalue weighted by Gasteiger charge is -2.41. The van der Waals surface area contributed by atoms with E-state index < -0.39 is 11.6 Å². The summed E-state index contributed by atoms with van der Waals surface area (Å²) < 4.78 is 0. The van der Waals surface area contributed by atoms with Gasteiger partial charge in [-0.3, -0.25) is 9.59 Å². The molecule has 0 radical (unpaired) electrons. The molecule has 1 aromatic carbocycles. The number of hydrogen-bond donors (Lipinski definition) is 2. The van der Waals surface area contributed by atoms with Crippen LogP contribution in [0.2, 0.25) is 5.02 Å². The molecule has 0 aliphatic carbocycles. The fraction of sp³-hybridized carbons (Fsp3) is 0.467. The van der Waals surface area contributed by atoms with Gasteiger partial charge in [-0.25, -0.2) is 0 Å². The zero-order chi connectivity index (χ0) is 15.6. The van der Waals surface area contributed by atoms with E-state index >= 15 is 0 Å². The fourth-order valence-electron chi connectivity index (χ4n) is 2.41. The topological polar surface area (TPSA) is 69.6 Å². The van der Waals surface area contributed by atoms with Crippen LogP contribution in [0.25, 0.3) is 0 Å². The normalized spacial score (nSPS) is 19.0. The van der Waals surface area contributed by atoms with Crippen LogP contribution < -0.4 is 5.32 Å². The second kappa shape index (κ2) is 6.03. The minimum Gasteiger partial charge on any atom is -0.388 e. The summed E-state index contributed by atoms with van der Waals surface area (Å²) in [7, 11) is 0. The molecule has 2 amide bonds. The summed E-state index contributed by atoms with van der Waals surface area (Å²) >= 11 is 5.80. The van der Waals surface area contributed by atoms with Gasteiger partial charge in [0.15, 0.2) is 0 Å². The van der Waals surface area contributed by atoms with Gasteiger partial charge in [-0.05, 0) is 31.5 Å². The summed E-state index contributed by atoms with van der Waals surface area (Å²) in [6.45, 7) is 4.29. The molecule has 2 N–H and O–H groups in total. The van der Waals surface area contributed by atoms with Crippen molar-refractivity contribution in [3.8, 4) is 0 Å². The van der Waals surface area contributed by atoms with Crippen LogP contribution in [0.5, 0.6) is 0 Å². The number of halogens is 1. The lowest BCUT2D eigenvalue weighted by molar-refractivity contribution is -0.150. The van der Waals surface area contributed by atoms with Crippen LogP contribution in [0, 0.1) is 0 Å². The van der Waals surface area contributed by atoms with Gasteiger partial charge >= 0.3 is 0 Å². The molecule has 1 atom stereocenters. The molecule has 0 saturated carbocycles. The second-order valence-electron chi connectivity index (χ2n) is 5.63. The van der Waals surface area contributed by atoms with E-state index in [1.807, 2.05) is 0 Å². The first-order valence-electron chi connectivity index (χ1n) is 6.84. The van der Waals surface area contributed by atoms with Crippen LogP contribution in [-0.2, 0) is 9.59 Å². The number of carbonyl (C=O) groups is 2. The number of hydrogen-bond acceptors (Lipinski definition) is 3. The number of benzene rings is 1. The third kappa shape index (κ3) is 3.36. The number of nitrogens with one attached hydrogen (secondary N) is 1. The first kappa shape index (κ1) is 15.8. The smallest absolute Gasteiger partial charge is 0.245 e. The highest BCUT2D eigenvalue weighted by Crippen LogP contribution is 2.24. The summed E-state index contributed by atoms with van der Waals surface area (Å²) in [6.07, 6.45) is -0.964. The summed E-state index contributed by atoms with van der Waals surface area (Å²) in [5.41, 5.74) is -0.262. The highest BCUT2D eigenvalue weighted by atomic mass is 35.5. The monoisotopic (exact) mass is 310 g/mol. The Bertz CT molecular complexity index is 542. The number of aliphatic hydroxyl groups is 1. The van der Waals surface area contributed by atoms with Crippen LogP contribution in [0.3, 0.4) is 0 Å². The van der Waals surface area contributed by atoms with Crippen LogP contribution >= 0.6 is 11.6 Å². The average Bonchev–Trinajstić information content (AvgIpc) is 2.42. The van der Waals surface area contributed by atoms with Gasteiger partial charge in [0, 0.05) is 18.1 Å². The molecule has 1 unspecified atom stereocenters. The standard InChI is InChI=1S/C15H19ClN2O3/c1-15(2)14(21)17-7-8-18(15)13(20)9-12(19)10-3-5-11(16)6-4-10/h3-6,12,19H,7-9H2,1-2H3,(H,17,21). The van der Waals surface area contributed by atoms with Gasteiger partial charge in [0.25, 0.3) is 0 Å². The number of carbonyl (C=O) groups excluding carboxylic acids is 2. The third-order valence-corrected chi connectivity index (χ3v) is 4.03. The Labute approximate surface area is 128 Å². The van der Waals surface area contributed by atoms with Gasteiger partial charge in [0.05, 0.1) is 12.5 Å². The summed E-state index contributed by atoms with van der Waals surface area (Å²) in [5, 5.41) is 13.5. The predicted molar refractivity (Wildman–Crippen MR) is 79.8 cm³/mol. The quantitative estimate of drug-likeness (QED) is 0.889. The van der Waals surface area contributed by atoms with Crippen molar-refractivity contribution in [2.24, 2.45) is 0 Å². The molecule has 1 aliphatic heterocycles. The lowest BCUT2D eigenvalue weighted by Crippen LogP contribution is -2.63. The Morgan fingerprint density at radius 1 is 1.43 bits per heavy atom. The SMILES string of the molecule is CC1(C)C(=O)NCCN1C(=O)CC(O)c1ccc(Cl)cc1. The van der Waals surface area contributed by atoms with E-state index in [9.17, 15) is 14.7 Å². The van der Waals surface area contributed by atoms with E-state index in [1.54, 1.807) is 38.1 Å². The van der Waals surface area contributed by atoms with Gasteiger partial charge in [-0.1, -0.05) is 23.7 Å². The van der Waals surface area contributed by atoms with Crippen molar-refractivity contribution in [2.75, 3.05) is 13.1 Å². The van der Waals surface area contributed by atoms with Crippen molar-refractivity contribution < 1.29 is 14.7 Å². The minimum atomic E-state index is -0.907. The van der Waals surface area contributed by atoms with Crippen molar-refractivity contribution in [1.82, 2.24) is 10.2 Å². The van der Waals surface area contributed by atoms with Gasteiger partial charge in [-0.15, -0.1) is 0 Å². The molecular weight excluding hydrogens is 292 g/mol. The van der Waals surface area contributed by atoms with Crippen LogP contribution in [0.1, 0.15) is 31.9 Å². The molecule has 5 nitrogen and oxygen atoms in total. The molecule has 21 heavy (non-hydrogen) atoms. The Morgan fingerprint density at radius 3 is 2.67 bits per heavy atom. The molecular formula is C15H19ClN2O3. The van der Waals surface area contributed by atoms with Gasteiger partial charge < -0.3 is 15.3 Å². The highest BCUT2D eigenvalue weighted by Gasteiger charge is 2.40. The largest absolute Gasteiger partial charge is 0.388 e. The maximum absolute atomic E-state index is 12.4. The molecule has 114 valence electrons. The minimum absolute atomic E-state index is 0.0572. The number of nitrogens with zero attached hydrogens (tertiary/aromatic N) is 1. The third-order valence-electron chi connectivity index (χ3n) is 3.78. The van der Waals surface area contributed by atoms with E-state index in [4.69, 9.17) is 11.6 Å². The summed E-state index contributed by atoms with van der Waals surface area (Å²) in [5.74, 6) is -0.416. The van der Waals surface area contributed by atoms with Crippen molar-refractivity contribution in [3.05, 3.63) is 34.9 Å². The molecule has 1 heterocycles. The fourth-order valence-corrected chi connectivity index (χ4v) is 2.54. The van der Waals surface area contributed by atoms with Gasteiger partial charge in [-0.2, -0.15) is 0 Å². The Balaban J connectivity index is 2.06. The first-order valence-corrected chi connectivity index (χ1v) is 7.22. The Kier molecular flexibility index (Phi) is 4.54. The first-order chi connectivity index (χ1) is 9.82. The molecule has 1 saturated heterocycles. The lowest BCUT2D eigenvalue weighted by atomic mass is 9.97. The van der Waals surface area contributed by atoms with Crippen molar-refractivity contribution in [3.63, 3.8) is 0 Å². The average molecular weight is 311 g/mol. The maximum atomic E-state index is 12.4. The number of rotatable bonds is 3. The molecule has 1 aromatic rings.